The van der Waals surface area contributed by atoms with Gasteiger partial charge in [-0.3, -0.25) is 0 Å². The van der Waals surface area contributed by atoms with Gasteiger partial charge in [0.25, 0.3) is 0 Å². The van der Waals surface area contributed by atoms with Gasteiger partial charge < -0.3 is 0 Å². The molecule has 0 N–H and O–H groups in total. The molecule has 0 saturated heterocycles. The van der Waals surface area contributed by atoms with Gasteiger partial charge in [-0.2, -0.15) is 0 Å². The van der Waals surface area contributed by atoms with E-state index in [1.54, 1.807) is 6.07 Å². The topological polar surface area (TPSA) is 0 Å². The molecule has 0 aliphatic carbocycles. The van der Waals surface area contributed by atoms with Gasteiger partial charge >= 0.3 is 0 Å². The molecule has 0 unspecified atom stereocenters. The maximum absolute atomic E-state index is 13.4. The van der Waals surface area contributed by atoms with Crippen molar-refractivity contribution in [2.75, 3.05) is 0 Å². The van der Waals surface area contributed by atoms with E-state index >= 15 is 0 Å². The Kier molecular flexibility index (Phi) is 3.62. The lowest BCUT2D eigenvalue weighted by Crippen LogP contribution is -1.86. The molecule has 2 aromatic carbocycles. The van der Waals surface area contributed by atoms with Crippen molar-refractivity contribution >= 4 is 11.8 Å². The smallest absolute Gasteiger partial charge is 0.136 e. The van der Waals surface area contributed by atoms with Gasteiger partial charge in [0.2, 0.25) is 0 Å². The predicted octanol–water partition coefficient (Wildman–Crippen LogP) is 4.43. The second kappa shape index (κ2) is 5.17. The summed E-state index contributed by atoms with van der Waals surface area (Å²) in [5.41, 5.74) is 2.52. The largest absolute Gasteiger partial charge is 0.206 e. The van der Waals surface area contributed by atoms with Crippen LogP contribution in [0.1, 0.15) is 11.1 Å². The molecule has 0 saturated carbocycles. The van der Waals surface area contributed by atoms with Crippen molar-refractivity contribution in [2.24, 2.45) is 0 Å². The summed E-state index contributed by atoms with van der Waals surface area (Å²) in [6.45, 7) is 2.08. The van der Waals surface area contributed by atoms with Gasteiger partial charge in [-0.1, -0.05) is 36.4 Å². The number of halogens is 1. The lowest BCUT2D eigenvalue weighted by atomic mass is 10.1. The molecule has 82 valence electrons. The Morgan fingerprint density at radius 2 is 1.69 bits per heavy atom. The Hall–Kier alpha value is -1.28. The number of thioether (sulfide) groups is 1. The van der Waals surface area contributed by atoms with Crippen LogP contribution in [0.5, 0.6) is 0 Å². The van der Waals surface area contributed by atoms with Gasteiger partial charge in [0, 0.05) is 10.6 Å². The zero-order valence-electron chi connectivity index (χ0n) is 9.11. The Balaban J connectivity index is 2.09. The van der Waals surface area contributed by atoms with Gasteiger partial charge in [0.15, 0.2) is 0 Å². The van der Waals surface area contributed by atoms with E-state index in [2.05, 4.69) is 19.1 Å². The first-order chi connectivity index (χ1) is 7.77. The van der Waals surface area contributed by atoms with Crippen LogP contribution in [0.15, 0.2) is 53.4 Å². The fourth-order valence-corrected chi connectivity index (χ4v) is 2.50. The number of hydrogen-bond donors (Lipinski definition) is 0. The van der Waals surface area contributed by atoms with Crippen LogP contribution in [0.3, 0.4) is 0 Å². The number of hydrogen-bond acceptors (Lipinski definition) is 1. The van der Waals surface area contributed by atoms with E-state index in [1.165, 1.54) is 29.0 Å². The zero-order valence-corrected chi connectivity index (χ0v) is 9.93. The third-order valence-electron chi connectivity index (χ3n) is 2.48. The van der Waals surface area contributed by atoms with E-state index in [1.807, 2.05) is 24.3 Å². The van der Waals surface area contributed by atoms with Gasteiger partial charge in [0.1, 0.15) is 5.82 Å². The van der Waals surface area contributed by atoms with Crippen LogP contribution in [0, 0.1) is 12.7 Å². The molecule has 0 atom stereocenters. The summed E-state index contributed by atoms with van der Waals surface area (Å²) in [4.78, 5) is 0.714. The summed E-state index contributed by atoms with van der Waals surface area (Å²) in [6, 6.07) is 15.1. The van der Waals surface area contributed by atoms with Crippen LogP contribution in [0.25, 0.3) is 0 Å². The van der Waals surface area contributed by atoms with Gasteiger partial charge in [-0.15, -0.1) is 11.8 Å². The highest BCUT2D eigenvalue weighted by Gasteiger charge is 2.02. The third kappa shape index (κ3) is 2.64. The molecule has 2 aromatic rings. The molecule has 0 radical (unpaired) electrons. The molecule has 0 heterocycles. The Labute approximate surface area is 99.5 Å². The summed E-state index contributed by atoms with van der Waals surface area (Å²) in [6.07, 6.45) is 0. The molecule has 0 amide bonds. The number of aryl methyl sites for hydroxylation is 1. The van der Waals surface area contributed by atoms with Crippen molar-refractivity contribution in [1.29, 1.82) is 0 Å². The average molecular weight is 232 g/mol. The van der Waals surface area contributed by atoms with Crippen molar-refractivity contribution in [3.8, 4) is 0 Å². The Bertz CT molecular complexity index is 434. The van der Waals surface area contributed by atoms with E-state index in [0.29, 0.717) is 4.90 Å². The third-order valence-corrected chi connectivity index (χ3v) is 3.58. The van der Waals surface area contributed by atoms with Crippen molar-refractivity contribution in [2.45, 2.75) is 17.6 Å². The molecule has 2 heteroatoms. The van der Waals surface area contributed by atoms with E-state index in [9.17, 15) is 4.39 Å². The molecule has 2 rings (SSSR count). The fourth-order valence-electron chi connectivity index (χ4n) is 1.49. The minimum absolute atomic E-state index is 0.138. The van der Waals surface area contributed by atoms with Crippen LogP contribution in [0.4, 0.5) is 4.39 Å². The lowest BCUT2D eigenvalue weighted by molar-refractivity contribution is 0.602. The Morgan fingerprint density at radius 3 is 2.44 bits per heavy atom. The van der Waals surface area contributed by atoms with Crippen LogP contribution in [0.2, 0.25) is 0 Å². The van der Waals surface area contributed by atoms with Crippen LogP contribution in [-0.2, 0) is 5.75 Å². The van der Waals surface area contributed by atoms with Crippen molar-refractivity contribution in [3.63, 3.8) is 0 Å². The quantitative estimate of drug-likeness (QED) is 0.706. The molecule has 0 fully saturated rings. The number of benzene rings is 2. The molecule has 0 aliphatic heterocycles. The van der Waals surface area contributed by atoms with Gasteiger partial charge in [-0.05, 0) is 30.2 Å². The first kappa shape index (κ1) is 11.2. The molecule has 0 aliphatic rings. The van der Waals surface area contributed by atoms with E-state index < -0.39 is 0 Å². The van der Waals surface area contributed by atoms with Crippen molar-refractivity contribution < 1.29 is 4.39 Å². The highest BCUT2D eigenvalue weighted by atomic mass is 32.2. The second-order valence-electron chi connectivity index (χ2n) is 3.65. The maximum atomic E-state index is 13.4. The van der Waals surface area contributed by atoms with E-state index in [0.717, 1.165) is 5.75 Å². The average Bonchev–Trinajstić information content (AvgIpc) is 2.30. The van der Waals surface area contributed by atoms with Crippen LogP contribution in [-0.4, -0.2) is 0 Å². The first-order valence-corrected chi connectivity index (χ1v) is 6.18. The van der Waals surface area contributed by atoms with E-state index in [4.69, 9.17) is 0 Å². The summed E-state index contributed by atoms with van der Waals surface area (Å²) in [5.74, 6) is 0.675. The normalized spacial score (nSPS) is 10.4. The van der Waals surface area contributed by atoms with Crippen molar-refractivity contribution in [1.82, 2.24) is 0 Å². The second-order valence-corrected chi connectivity index (χ2v) is 4.66. The minimum Gasteiger partial charge on any atom is -0.206 e. The Morgan fingerprint density at radius 1 is 1.00 bits per heavy atom. The summed E-state index contributed by atoms with van der Waals surface area (Å²) >= 11 is 1.54. The highest BCUT2D eigenvalue weighted by Crippen LogP contribution is 2.26. The number of rotatable bonds is 3. The lowest BCUT2D eigenvalue weighted by Gasteiger charge is -2.05. The molecule has 0 spiro atoms. The zero-order chi connectivity index (χ0) is 11.4. The molecule has 0 nitrogen and oxygen atoms in total. The van der Waals surface area contributed by atoms with Gasteiger partial charge in [-0.25, -0.2) is 4.39 Å². The highest BCUT2D eigenvalue weighted by molar-refractivity contribution is 7.98. The van der Waals surface area contributed by atoms with Crippen molar-refractivity contribution in [3.05, 3.63) is 65.5 Å². The van der Waals surface area contributed by atoms with E-state index in [-0.39, 0.29) is 5.82 Å². The molecular formula is C14H13FS. The summed E-state index contributed by atoms with van der Waals surface area (Å²) < 4.78 is 13.4. The fraction of sp³-hybridized carbons (Fsp3) is 0.143. The summed E-state index contributed by atoms with van der Waals surface area (Å²) in [7, 11) is 0. The first-order valence-electron chi connectivity index (χ1n) is 5.19. The predicted molar refractivity (Wildman–Crippen MR) is 67.1 cm³/mol. The van der Waals surface area contributed by atoms with Crippen LogP contribution >= 0.6 is 11.8 Å². The molecular weight excluding hydrogens is 219 g/mol. The van der Waals surface area contributed by atoms with Gasteiger partial charge in [0.05, 0.1) is 0 Å². The maximum Gasteiger partial charge on any atom is 0.136 e. The SMILES string of the molecule is Cc1ccccc1CSc1ccccc1F. The monoisotopic (exact) mass is 232 g/mol. The molecule has 16 heavy (non-hydrogen) atoms. The molecule has 0 bridgehead atoms. The molecule has 0 aromatic heterocycles. The minimum atomic E-state index is -0.138. The summed E-state index contributed by atoms with van der Waals surface area (Å²) in [5, 5.41) is 0. The standard InChI is InChI=1S/C14H13FS/c1-11-6-2-3-7-12(11)10-16-14-9-5-4-8-13(14)15/h2-9H,10H2,1H3. The van der Waals surface area contributed by atoms with Crippen LogP contribution < -0.4 is 0 Å².